The Labute approximate surface area is 187 Å². The highest BCUT2D eigenvalue weighted by molar-refractivity contribution is 7.10. The van der Waals surface area contributed by atoms with E-state index < -0.39 is 12.1 Å². The number of aromatic nitrogens is 1. The first-order valence-electron chi connectivity index (χ1n) is 10.4. The molecule has 2 aromatic rings. The smallest absolute Gasteiger partial charge is 0.408 e. The summed E-state index contributed by atoms with van der Waals surface area (Å²) >= 11 is 1.25. The van der Waals surface area contributed by atoms with Crippen molar-refractivity contribution in [3.05, 3.63) is 52.0 Å². The zero-order chi connectivity index (χ0) is 22.8. The fraction of sp³-hybridized carbons (Fsp3) is 0.478. The molecule has 0 fully saturated rings. The van der Waals surface area contributed by atoms with Crippen molar-refractivity contribution in [2.75, 3.05) is 0 Å². The molecule has 0 radical (unpaired) electrons. The summed E-state index contributed by atoms with van der Waals surface area (Å²) in [6.07, 6.45) is 0.513. The summed E-state index contributed by atoms with van der Waals surface area (Å²) in [5.74, 6) is 0.214. The van der Waals surface area contributed by atoms with Crippen LogP contribution >= 0.6 is 11.3 Å². The van der Waals surface area contributed by atoms with Gasteiger partial charge in [0.2, 0.25) is 5.91 Å². The molecule has 0 aliphatic heterocycles. The van der Waals surface area contributed by atoms with Crippen LogP contribution in [-0.4, -0.2) is 23.0 Å². The van der Waals surface area contributed by atoms with Gasteiger partial charge in [-0.25, -0.2) is 9.78 Å². The lowest BCUT2D eigenvalue weighted by atomic mass is 9.99. The maximum atomic E-state index is 13.1. The lowest BCUT2D eigenvalue weighted by molar-refractivity contribution is -0.124. The first-order valence-corrected chi connectivity index (χ1v) is 11.3. The van der Waals surface area contributed by atoms with E-state index in [1.54, 1.807) is 5.38 Å². The first kappa shape index (κ1) is 24.4. The monoisotopic (exact) mass is 442 g/mol. The number of benzene rings is 1. The highest BCUT2D eigenvalue weighted by atomic mass is 32.1. The summed E-state index contributed by atoms with van der Waals surface area (Å²) in [6, 6.07) is 10.3. The van der Waals surface area contributed by atoms with Gasteiger partial charge in [0.05, 0.1) is 11.7 Å². The van der Waals surface area contributed by atoms with E-state index in [9.17, 15) is 9.59 Å². The Bertz CT molecular complexity index is 890. The molecule has 0 saturated carbocycles. The van der Waals surface area contributed by atoms with Crippen molar-refractivity contribution in [3.8, 4) is 6.07 Å². The molecule has 1 heterocycles. The van der Waals surface area contributed by atoms with E-state index in [2.05, 4.69) is 29.5 Å². The summed E-state index contributed by atoms with van der Waals surface area (Å²) in [5.41, 5.74) is 1.54. The molecule has 166 valence electrons. The number of nitrogens with one attached hydrogen (secondary N) is 2. The highest BCUT2D eigenvalue weighted by Crippen LogP contribution is 2.23. The van der Waals surface area contributed by atoms with Gasteiger partial charge in [0.15, 0.2) is 5.01 Å². The lowest BCUT2D eigenvalue weighted by Gasteiger charge is -2.24. The zero-order valence-corrected chi connectivity index (χ0v) is 19.2. The number of nitrogens with zero attached hydrogens (tertiary/aromatic N) is 2. The van der Waals surface area contributed by atoms with E-state index in [1.807, 2.05) is 50.2 Å². The average molecular weight is 443 g/mol. The van der Waals surface area contributed by atoms with Gasteiger partial charge in [-0.1, -0.05) is 58.0 Å². The Hall–Kier alpha value is -2.92. The Morgan fingerprint density at radius 2 is 1.77 bits per heavy atom. The molecule has 0 bridgehead atoms. The minimum absolute atomic E-state index is 0.133. The molecule has 2 atom stereocenters. The minimum atomic E-state index is -0.730. The second kappa shape index (κ2) is 12.1. The summed E-state index contributed by atoms with van der Waals surface area (Å²) in [4.78, 5) is 29.7. The number of hydrogen-bond acceptors (Lipinski definition) is 6. The van der Waals surface area contributed by atoms with Crippen LogP contribution in [0.1, 0.15) is 62.8 Å². The van der Waals surface area contributed by atoms with Crippen LogP contribution in [0.3, 0.4) is 0 Å². The molecule has 2 rings (SSSR count). The van der Waals surface area contributed by atoms with Crippen LogP contribution in [0.5, 0.6) is 0 Å². The molecule has 0 aliphatic rings. The zero-order valence-electron chi connectivity index (χ0n) is 18.4. The molecule has 7 nitrogen and oxygen atoms in total. The van der Waals surface area contributed by atoms with Crippen molar-refractivity contribution in [2.45, 2.75) is 59.2 Å². The Morgan fingerprint density at radius 1 is 1.10 bits per heavy atom. The number of carbonyl (C=O) groups excluding carboxylic acids is 2. The third-order valence-corrected chi connectivity index (χ3v) is 5.29. The molecule has 2 amide bonds. The van der Waals surface area contributed by atoms with Crippen LogP contribution in [0.25, 0.3) is 0 Å². The van der Waals surface area contributed by atoms with Crippen molar-refractivity contribution in [3.63, 3.8) is 0 Å². The van der Waals surface area contributed by atoms with E-state index in [-0.39, 0.29) is 24.5 Å². The summed E-state index contributed by atoms with van der Waals surface area (Å²) in [5, 5.41) is 16.9. The fourth-order valence-electron chi connectivity index (χ4n) is 3.10. The Balaban J connectivity index is 2.05. The van der Waals surface area contributed by atoms with E-state index in [1.165, 1.54) is 11.3 Å². The Morgan fingerprint density at radius 3 is 2.35 bits per heavy atom. The van der Waals surface area contributed by atoms with Gasteiger partial charge in [-0.2, -0.15) is 5.26 Å². The molecule has 1 aromatic heterocycles. The number of alkyl carbamates (subject to hydrolysis) is 1. The average Bonchev–Trinajstić information content (AvgIpc) is 3.20. The maximum Gasteiger partial charge on any atom is 0.408 e. The van der Waals surface area contributed by atoms with Crippen LogP contribution in [0.15, 0.2) is 35.7 Å². The number of ether oxygens (including phenoxy) is 1. The molecule has 1 aromatic carbocycles. The molecule has 31 heavy (non-hydrogen) atoms. The van der Waals surface area contributed by atoms with Gasteiger partial charge in [-0.05, 0) is 30.2 Å². The van der Waals surface area contributed by atoms with E-state index in [0.717, 1.165) is 5.56 Å². The third kappa shape index (κ3) is 8.38. The van der Waals surface area contributed by atoms with Crippen LogP contribution in [-0.2, 0) is 16.1 Å². The van der Waals surface area contributed by atoms with E-state index >= 15 is 0 Å². The number of rotatable bonds is 10. The highest BCUT2D eigenvalue weighted by Gasteiger charge is 2.27. The third-order valence-electron chi connectivity index (χ3n) is 4.53. The van der Waals surface area contributed by atoms with Crippen molar-refractivity contribution in [1.29, 1.82) is 5.26 Å². The number of thiazole rings is 1. The van der Waals surface area contributed by atoms with E-state index in [4.69, 9.17) is 10.00 Å². The predicted octanol–water partition coefficient (Wildman–Crippen LogP) is 4.56. The van der Waals surface area contributed by atoms with Crippen LogP contribution in [0.2, 0.25) is 0 Å². The quantitative estimate of drug-likeness (QED) is 0.561. The molecule has 2 N–H and O–H groups in total. The maximum absolute atomic E-state index is 13.1. The summed E-state index contributed by atoms with van der Waals surface area (Å²) < 4.78 is 5.29. The van der Waals surface area contributed by atoms with Gasteiger partial charge < -0.3 is 15.4 Å². The topological polar surface area (TPSA) is 104 Å². The second-order valence-electron chi connectivity index (χ2n) is 8.27. The standard InChI is InChI=1S/C23H30N4O3S/c1-15(2)10-18(20-14-31-21(12-24)25-20)26-22(28)19(11-16(3)4)27-23(29)30-13-17-8-6-5-7-9-17/h5-9,14-16,18-19H,10-11,13H2,1-4H3,(H,26,28)(H,27,29)/t18?,19-/m0/s1. The first-order chi connectivity index (χ1) is 14.8. The van der Waals surface area contributed by atoms with Crippen molar-refractivity contribution in [1.82, 2.24) is 15.6 Å². The van der Waals surface area contributed by atoms with Gasteiger partial charge in [0.1, 0.15) is 18.7 Å². The molecule has 1 unspecified atom stereocenters. The van der Waals surface area contributed by atoms with Crippen LogP contribution < -0.4 is 10.6 Å². The normalized spacial score (nSPS) is 12.8. The van der Waals surface area contributed by atoms with Crippen molar-refractivity contribution < 1.29 is 14.3 Å². The second-order valence-corrected chi connectivity index (χ2v) is 9.13. The molecule has 8 heteroatoms. The van der Waals surface area contributed by atoms with Crippen LogP contribution in [0.4, 0.5) is 4.79 Å². The number of hydrogen-bond donors (Lipinski definition) is 2. The molecular weight excluding hydrogens is 412 g/mol. The number of amides is 2. The summed E-state index contributed by atoms with van der Waals surface area (Å²) in [6.45, 7) is 8.22. The SMILES string of the molecule is CC(C)CC(NC(=O)[C@H](CC(C)C)NC(=O)OCc1ccccc1)c1csc(C#N)n1. The molecular formula is C23H30N4O3S. The number of carbonyl (C=O) groups is 2. The van der Waals surface area contributed by atoms with Crippen molar-refractivity contribution in [2.24, 2.45) is 11.8 Å². The Kier molecular flexibility index (Phi) is 9.47. The van der Waals surface area contributed by atoms with Crippen LogP contribution in [0, 0.1) is 23.2 Å². The number of nitriles is 1. The fourth-order valence-corrected chi connectivity index (χ4v) is 3.77. The van der Waals surface area contributed by atoms with Gasteiger partial charge >= 0.3 is 6.09 Å². The molecule has 0 saturated heterocycles. The van der Waals surface area contributed by atoms with Crippen molar-refractivity contribution >= 4 is 23.3 Å². The lowest BCUT2D eigenvalue weighted by Crippen LogP contribution is -2.48. The van der Waals surface area contributed by atoms with Gasteiger partial charge in [-0.15, -0.1) is 11.3 Å². The molecule has 0 aliphatic carbocycles. The largest absolute Gasteiger partial charge is 0.445 e. The van der Waals surface area contributed by atoms with Gasteiger partial charge in [0.25, 0.3) is 0 Å². The molecule has 0 spiro atoms. The van der Waals surface area contributed by atoms with E-state index in [0.29, 0.717) is 29.5 Å². The minimum Gasteiger partial charge on any atom is -0.445 e. The summed E-state index contributed by atoms with van der Waals surface area (Å²) in [7, 11) is 0. The predicted molar refractivity (Wildman–Crippen MR) is 120 cm³/mol. The van der Waals surface area contributed by atoms with Gasteiger partial charge in [0, 0.05) is 5.38 Å². The van der Waals surface area contributed by atoms with Gasteiger partial charge in [-0.3, -0.25) is 4.79 Å².